The third-order valence-corrected chi connectivity index (χ3v) is 10.6. The van der Waals surface area contributed by atoms with Crippen LogP contribution in [0.2, 0.25) is 10.0 Å². The van der Waals surface area contributed by atoms with Crippen LogP contribution in [0.15, 0.2) is 76.5 Å². The number of urea groups is 2. The molecule has 0 saturated heterocycles. The molecule has 5 N–H and O–H groups in total. The maximum atomic E-state index is 12.5. The van der Waals surface area contributed by atoms with Crippen LogP contribution in [-0.4, -0.2) is 61.0 Å². The normalized spacial score (nSPS) is 13.2. The zero-order valence-electron chi connectivity index (χ0n) is 27.6. The van der Waals surface area contributed by atoms with Crippen molar-refractivity contribution in [3.05, 3.63) is 87.9 Å². The molecule has 0 atom stereocenters. The van der Waals surface area contributed by atoms with E-state index >= 15 is 0 Å². The van der Waals surface area contributed by atoms with Crippen molar-refractivity contribution in [2.45, 2.75) is 67.7 Å². The first-order valence-corrected chi connectivity index (χ1v) is 19.6. The van der Waals surface area contributed by atoms with Gasteiger partial charge >= 0.3 is 12.1 Å². The summed E-state index contributed by atoms with van der Waals surface area (Å²) < 4.78 is 57.6. The number of sulfonamides is 2. The van der Waals surface area contributed by atoms with Gasteiger partial charge in [0.1, 0.15) is 5.75 Å². The molecule has 272 valence electrons. The summed E-state index contributed by atoms with van der Waals surface area (Å²) in [5.41, 5.74) is 1.17. The first kappa shape index (κ1) is 40.4. The number of amides is 5. The average molecular weight is 771 g/mol. The summed E-state index contributed by atoms with van der Waals surface area (Å²) in [6.45, 7) is 2.62. The summed E-state index contributed by atoms with van der Waals surface area (Å²) in [6.07, 6.45) is 6.16. The van der Waals surface area contributed by atoms with E-state index in [1.165, 1.54) is 49.6 Å². The summed E-state index contributed by atoms with van der Waals surface area (Å²) >= 11 is 11.6. The standard InChI is InChI=1S/C23H28ClN3O5S.C10H13ClN2O3S/c1-32-21-12-9-17(24)15-20(21)22(28)25-14-13-16-7-10-19(11-8-16)33(30,31)27-23(29)26-18-5-3-2-4-6-18;1-2-7-12-10(14)13-17(15,16)9-5-3-8(11)4-6-9/h7-12,15,18H,2-6,13-14H2,1H3,(H,25,28)(H2,26,27,29);3-6H,2,7H2,1H3,(H2,12,13,14). The van der Waals surface area contributed by atoms with E-state index in [0.29, 0.717) is 40.9 Å². The second-order valence-electron chi connectivity index (χ2n) is 11.2. The minimum absolute atomic E-state index is 0.00209. The molecule has 1 fully saturated rings. The molecular weight excluding hydrogens is 729 g/mol. The quantitative estimate of drug-likeness (QED) is 0.162. The second kappa shape index (κ2) is 19.4. The fourth-order valence-electron chi connectivity index (χ4n) is 4.82. The van der Waals surface area contributed by atoms with Gasteiger partial charge in [-0.1, -0.05) is 61.5 Å². The average Bonchev–Trinajstić information content (AvgIpc) is 3.08. The topological polar surface area (TPSA) is 189 Å². The fraction of sp³-hybridized carbons (Fsp3) is 0.364. The largest absolute Gasteiger partial charge is 0.496 e. The SMILES string of the molecule is CCCNC(=O)NS(=O)(=O)c1ccc(Cl)cc1.COc1ccc(Cl)cc1C(=O)NCCc1ccc(S(=O)(=O)NC(=O)NC2CCCCC2)cc1. The lowest BCUT2D eigenvalue weighted by Gasteiger charge is -2.22. The number of ether oxygens (including phenoxy) is 1. The molecule has 13 nitrogen and oxygen atoms in total. The van der Waals surface area contributed by atoms with Crippen LogP contribution in [0.1, 0.15) is 61.4 Å². The summed E-state index contributed by atoms with van der Waals surface area (Å²) in [4.78, 5) is 35.7. The van der Waals surface area contributed by atoms with Crippen LogP contribution < -0.4 is 30.1 Å². The van der Waals surface area contributed by atoms with Crippen molar-refractivity contribution >= 4 is 61.2 Å². The van der Waals surface area contributed by atoms with E-state index in [2.05, 4.69) is 20.7 Å². The molecule has 0 aromatic heterocycles. The Morgan fingerprint density at radius 1 is 0.740 bits per heavy atom. The molecule has 0 aliphatic heterocycles. The molecule has 1 saturated carbocycles. The first-order chi connectivity index (χ1) is 23.7. The molecule has 5 amide bonds. The van der Waals surface area contributed by atoms with Gasteiger partial charge in [0.25, 0.3) is 26.0 Å². The van der Waals surface area contributed by atoms with Crippen LogP contribution in [-0.2, 0) is 26.5 Å². The maximum absolute atomic E-state index is 12.5. The summed E-state index contributed by atoms with van der Waals surface area (Å²) in [6, 6.07) is 15.1. The highest BCUT2D eigenvalue weighted by atomic mass is 35.5. The number of carbonyl (C=O) groups excluding carboxylic acids is 3. The number of nitrogens with one attached hydrogen (secondary N) is 5. The highest BCUT2D eigenvalue weighted by Gasteiger charge is 2.21. The number of hydrogen-bond acceptors (Lipinski definition) is 8. The number of methoxy groups -OCH3 is 1. The van der Waals surface area contributed by atoms with E-state index in [1.807, 2.05) is 11.6 Å². The molecule has 3 aromatic carbocycles. The van der Waals surface area contributed by atoms with Gasteiger partial charge in [0.15, 0.2) is 0 Å². The van der Waals surface area contributed by atoms with Crippen LogP contribution >= 0.6 is 23.2 Å². The van der Waals surface area contributed by atoms with Gasteiger partial charge in [-0.3, -0.25) is 4.79 Å². The zero-order chi connectivity index (χ0) is 36.7. The summed E-state index contributed by atoms with van der Waals surface area (Å²) in [7, 11) is -6.32. The molecule has 3 aromatic rings. The minimum Gasteiger partial charge on any atom is -0.496 e. The molecule has 0 spiro atoms. The molecule has 0 unspecified atom stereocenters. The molecule has 0 bridgehead atoms. The fourth-order valence-corrected chi connectivity index (χ4v) is 6.96. The Hall–Kier alpha value is -4.05. The maximum Gasteiger partial charge on any atom is 0.328 e. The van der Waals surface area contributed by atoms with Gasteiger partial charge in [0.05, 0.1) is 22.5 Å². The van der Waals surface area contributed by atoms with Crippen molar-refractivity contribution in [2.75, 3.05) is 20.2 Å². The molecule has 4 rings (SSSR count). The lowest BCUT2D eigenvalue weighted by molar-refractivity contribution is 0.0951. The Kier molecular flexibility index (Phi) is 15.6. The Balaban J connectivity index is 0.000000335. The first-order valence-electron chi connectivity index (χ1n) is 15.8. The summed E-state index contributed by atoms with van der Waals surface area (Å²) in [5.74, 6) is 0.105. The number of halogens is 2. The van der Waals surface area contributed by atoms with E-state index in [9.17, 15) is 31.2 Å². The van der Waals surface area contributed by atoms with E-state index in [1.54, 1.807) is 24.3 Å². The Labute approximate surface area is 302 Å². The van der Waals surface area contributed by atoms with Gasteiger partial charge < -0.3 is 20.7 Å². The van der Waals surface area contributed by atoms with E-state index in [4.69, 9.17) is 27.9 Å². The number of carbonyl (C=O) groups is 3. The highest BCUT2D eigenvalue weighted by molar-refractivity contribution is 7.90. The van der Waals surface area contributed by atoms with Crippen LogP contribution in [0.25, 0.3) is 0 Å². The third-order valence-electron chi connectivity index (χ3n) is 7.39. The Morgan fingerprint density at radius 3 is 1.88 bits per heavy atom. The van der Waals surface area contributed by atoms with Crippen molar-refractivity contribution in [2.24, 2.45) is 0 Å². The monoisotopic (exact) mass is 769 g/mol. The van der Waals surface area contributed by atoms with Gasteiger partial charge in [-0.25, -0.2) is 35.9 Å². The molecular formula is C33H41Cl2N5O8S2. The molecule has 1 aliphatic rings. The predicted octanol–water partition coefficient (Wildman–Crippen LogP) is 5.38. The molecule has 17 heteroatoms. The minimum atomic E-state index is -3.97. The van der Waals surface area contributed by atoms with E-state index < -0.39 is 32.1 Å². The van der Waals surface area contributed by atoms with Crippen LogP contribution in [0.4, 0.5) is 9.59 Å². The van der Waals surface area contributed by atoms with Crippen molar-refractivity contribution in [1.29, 1.82) is 0 Å². The van der Waals surface area contributed by atoms with Crippen molar-refractivity contribution in [3.8, 4) is 5.75 Å². The van der Waals surface area contributed by atoms with E-state index in [0.717, 1.165) is 44.1 Å². The van der Waals surface area contributed by atoms with E-state index in [-0.39, 0.29) is 21.7 Å². The van der Waals surface area contributed by atoms with Crippen molar-refractivity contribution < 1.29 is 36.0 Å². The van der Waals surface area contributed by atoms with Crippen LogP contribution in [0.3, 0.4) is 0 Å². The van der Waals surface area contributed by atoms with Crippen molar-refractivity contribution in [3.63, 3.8) is 0 Å². The Bertz CT molecular complexity index is 1820. The number of benzene rings is 3. The second-order valence-corrected chi connectivity index (χ2v) is 15.5. The van der Waals surface area contributed by atoms with Gasteiger partial charge in [0.2, 0.25) is 0 Å². The zero-order valence-corrected chi connectivity index (χ0v) is 30.8. The van der Waals surface area contributed by atoms with Crippen LogP contribution in [0, 0.1) is 0 Å². The third kappa shape index (κ3) is 13.0. The molecule has 0 heterocycles. The highest BCUT2D eigenvalue weighted by Crippen LogP contribution is 2.22. The Morgan fingerprint density at radius 2 is 1.30 bits per heavy atom. The summed E-state index contributed by atoms with van der Waals surface area (Å²) in [5, 5.41) is 8.80. The molecule has 1 aliphatic carbocycles. The molecule has 0 radical (unpaired) electrons. The lowest BCUT2D eigenvalue weighted by atomic mass is 9.96. The lowest BCUT2D eigenvalue weighted by Crippen LogP contribution is -2.45. The van der Waals surface area contributed by atoms with Crippen molar-refractivity contribution in [1.82, 2.24) is 25.4 Å². The van der Waals surface area contributed by atoms with Gasteiger partial charge in [-0.2, -0.15) is 0 Å². The van der Waals surface area contributed by atoms with Gasteiger partial charge in [0, 0.05) is 29.2 Å². The number of hydrogen-bond donors (Lipinski definition) is 5. The van der Waals surface area contributed by atoms with Crippen LogP contribution in [0.5, 0.6) is 5.75 Å². The number of rotatable bonds is 12. The predicted molar refractivity (Wildman–Crippen MR) is 192 cm³/mol. The van der Waals surface area contributed by atoms with Gasteiger partial charge in [-0.15, -0.1) is 0 Å². The van der Waals surface area contributed by atoms with Gasteiger partial charge in [-0.05, 0) is 85.8 Å². The smallest absolute Gasteiger partial charge is 0.328 e. The molecule has 50 heavy (non-hydrogen) atoms.